The van der Waals surface area contributed by atoms with E-state index >= 15 is 0 Å². The molecule has 0 unspecified atom stereocenters. The van der Waals surface area contributed by atoms with E-state index in [1.807, 2.05) is 12.1 Å². The van der Waals surface area contributed by atoms with E-state index in [1.165, 1.54) is 5.56 Å². The molecule has 0 radical (unpaired) electrons. The maximum atomic E-state index is 11.6. The molecule has 1 aliphatic carbocycles. The zero-order valence-electron chi connectivity index (χ0n) is 9.41. The number of halogens is 2. The molecule has 94 valence electrons. The highest BCUT2D eigenvalue weighted by Crippen LogP contribution is 2.45. The number of nitrogens with one attached hydrogen (secondary N) is 1. The van der Waals surface area contributed by atoms with Gasteiger partial charge in [0.1, 0.15) is 0 Å². The summed E-state index contributed by atoms with van der Waals surface area (Å²) in [4.78, 5) is 11.6. The van der Waals surface area contributed by atoms with Crippen molar-refractivity contribution in [1.82, 2.24) is 5.32 Å². The summed E-state index contributed by atoms with van der Waals surface area (Å²) in [5.74, 6) is 0.0416. The molecule has 3 nitrogen and oxygen atoms in total. The first-order valence-electron chi connectivity index (χ1n) is 5.43. The Hall–Kier alpha value is -0.580. The third-order valence-corrected chi connectivity index (χ3v) is 3.37. The van der Waals surface area contributed by atoms with E-state index in [9.17, 15) is 4.79 Å². The lowest BCUT2D eigenvalue weighted by atomic mass is 10.0. The number of nitrogens with two attached hydrogens (primary N) is 1. The van der Waals surface area contributed by atoms with E-state index in [-0.39, 0.29) is 23.9 Å². The van der Waals surface area contributed by atoms with Crippen LogP contribution in [0.5, 0.6) is 0 Å². The summed E-state index contributed by atoms with van der Waals surface area (Å²) >= 11 is 3.45. The molecular weight excluding hydrogens is 304 g/mol. The van der Waals surface area contributed by atoms with Gasteiger partial charge in [-0.1, -0.05) is 28.1 Å². The summed E-state index contributed by atoms with van der Waals surface area (Å²) in [6.07, 6.45) is 2.43. The Kier molecular flexibility index (Phi) is 4.98. The minimum absolute atomic E-state index is 0. The van der Waals surface area contributed by atoms with Crippen LogP contribution in [0.3, 0.4) is 0 Å². The smallest absolute Gasteiger partial charge is 0.221 e. The second-order valence-electron chi connectivity index (χ2n) is 4.18. The molecule has 17 heavy (non-hydrogen) atoms. The van der Waals surface area contributed by atoms with E-state index < -0.39 is 0 Å². The fourth-order valence-electron chi connectivity index (χ4n) is 1.86. The van der Waals surface area contributed by atoms with Gasteiger partial charge in [0.05, 0.1) is 5.54 Å². The number of amides is 1. The zero-order chi connectivity index (χ0) is 11.6. The van der Waals surface area contributed by atoms with E-state index in [4.69, 9.17) is 5.73 Å². The largest absolute Gasteiger partial charge is 0.347 e. The van der Waals surface area contributed by atoms with Crippen molar-refractivity contribution in [2.75, 3.05) is 6.54 Å². The molecule has 1 aromatic rings. The molecular formula is C12H16BrClN2O. The highest BCUT2D eigenvalue weighted by molar-refractivity contribution is 9.10. The summed E-state index contributed by atoms with van der Waals surface area (Å²) in [7, 11) is 0. The zero-order valence-corrected chi connectivity index (χ0v) is 11.8. The monoisotopic (exact) mass is 318 g/mol. The molecule has 2 rings (SSSR count). The van der Waals surface area contributed by atoms with Crippen molar-refractivity contribution < 1.29 is 4.79 Å². The van der Waals surface area contributed by atoms with Crippen molar-refractivity contribution in [1.29, 1.82) is 0 Å². The Morgan fingerprint density at radius 3 is 2.71 bits per heavy atom. The summed E-state index contributed by atoms with van der Waals surface area (Å²) in [5, 5.41) is 3.07. The van der Waals surface area contributed by atoms with Gasteiger partial charge in [-0.05, 0) is 30.5 Å². The van der Waals surface area contributed by atoms with Crippen LogP contribution < -0.4 is 11.1 Å². The first-order chi connectivity index (χ1) is 7.66. The quantitative estimate of drug-likeness (QED) is 0.895. The third kappa shape index (κ3) is 3.44. The normalized spacial score (nSPS) is 15.9. The molecule has 0 heterocycles. The highest BCUT2D eigenvalue weighted by atomic mass is 79.9. The van der Waals surface area contributed by atoms with Gasteiger partial charge in [-0.15, -0.1) is 12.4 Å². The van der Waals surface area contributed by atoms with Gasteiger partial charge in [0, 0.05) is 17.4 Å². The van der Waals surface area contributed by atoms with Gasteiger partial charge >= 0.3 is 0 Å². The number of benzene rings is 1. The number of carbonyl (C=O) groups excluding carboxylic acids is 1. The van der Waals surface area contributed by atoms with Crippen molar-refractivity contribution in [2.24, 2.45) is 5.73 Å². The summed E-state index contributed by atoms with van der Waals surface area (Å²) in [6, 6.07) is 8.10. The Bertz CT molecular complexity index is 407. The van der Waals surface area contributed by atoms with Crippen LogP contribution in [0.4, 0.5) is 0 Å². The van der Waals surface area contributed by atoms with Crippen molar-refractivity contribution in [3.05, 3.63) is 34.3 Å². The molecule has 0 bridgehead atoms. The van der Waals surface area contributed by atoms with E-state index in [0.29, 0.717) is 13.0 Å². The number of carbonyl (C=O) groups is 1. The van der Waals surface area contributed by atoms with Crippen LogP contribution in [0.2, 0.25) is 0 Å². The van der Waals surface area contributed by atoms with E-state index in [0.717, 1.165) is 17.3 Å². The van der Waals surface area contributed by atoms with Gasteiger partial charge in [0.15, 0.2) is 0 Å². The third-order valence-electron chi connectivity index (χ3n) is 2.88. The Labute approximate surface area is 116 Å². The molecule has 0 aliphatic heterocycles. The van der Waals surface area contributed by atoms with Crippen LogP contribution in [-0.4, -0.2) is 12.5 Å². The molecule has 1 amide bonds. The fraction of sp³-hybridized carbons (Fsp3) is 0.417. The lowest BCUT2D eigenvalue weighted by molar-refractivity contribution is -0.121. The minimum Gasteiger partial charge on any atom is -0.347 e. The van der Waals surface area contributed by atoms with Crippen molar-refractivity contribution in [3.8, 4) is 0 Å². The molecule has 1 aromatic carbocycles. The fourth-order valence-corrected chi connectivity index (χ4v) is 2.26. The van der Waals surface area contributed by atoms with Crippen LogP contribution in [0.15, 0.2) is 28.7 Å². The molecule has 5 heteroatoms. The van der Waals surface area contributed by atoms with E-state index in [2.05, 4.69) is 33.4 Å². The van der Waals surface area contributed by atoms with Gasteiger partial charge in [-0.3, -0.25) is 4.79 Å². The van der Waals surface area contributed by atoms with Crippen LogP contribution in [-0.2, 0) is 10.3 Å². The Balaban J connectivity index is 0.00000144. The number of hydrogen-bond donors (Lipinski definition) is 2. The molecule has 1 fully saturated rings. The lowest BCUT2D eigenvalue weighted by Crippen LogP contribution is -2.35. The van der Waals surface area contributed by atoms with Crippen LogP contribution in [0, 0.1) is 0 Å². The van der Waals surface area contributed by atoms with Crippen molar-refractivity contribution >= 4 is 34.2 Å². The minimum atomic E-state index is -0.129. The molecule has 1 aliphatic rings. The first-order valence-corrected chi connectivity index (χ1v) is 6.23. The summed E-state index contributed by atoms with van der Waals surface area (Å²) in [6.45, 7) is 0.403. The number of rotatable bonds is 4. The van der Waals surface area contributed by atoms with Gasteiger partial charge in [-0.25, -0.2) is 0 Å². The second kappa shape index (κ2) is 5.85. The predicted octanol–water partition coefficient (Wildman–Crippen LogP) is 2.33. The van der Waals surface area contributed by atoms with Gasteiger partial charge in [0.25, 0.3) is 0 Å². The molecule has 0 spiro atoms. The SMILES string of the molecule is Cl.NCCC(=O)NC1(c2cccc(Br)c2)CC1. The highest BCUT2D eigenvalue weighted by Gasteiger charge is 2.45. The van der Waals surface area contributed by atoms with E-state index in [1.54, 1.807) is 0 Å². The maximum Gasteiger partial charge on any atom is 0.221 e. The molecule has 0 saturated heterocycles. The van der Waals surface area contributed by atoms with Crippen LogP contribution >= 0.6 is 28.3 Å². The molecule has 3 N–H and O–H groups in total. The average molecular weight is 320 g/mol. The first kappa shape index (κ1) is 14.5. The number of hydrogen-bond acceptors (Lipinski definition) is 2. The lowest BCUT2D eigenvalue weighted by Gasteiger charge is -2.18. The molecule has 0 aromatic heterocycles. The van der Waals surface area contributed by atoms with Crippen LogP contribution in [0.1, 0.15) is 24.8 Å². The molecule has 0 atom stereocenters. The van der Waals surface area contributed by atoms with Crippen molar-refractivity contribution in [2.45, 2.75) is 24.8 Å². The maximum absolute atomic E-state index is 11.6. The second-order valence-corrected chi connectivity index (χ2v) is 5.09. The van der Waals surface area contributed by atoms with Gasteiger partial charge < -0.3 is 11.1 Å². The topological polar surface area (TPSA) is 55.1 Å². The van der Waals surface area contributed by atoms with Gasteiger partial charge in [0.2, 0.25) is 5.91 Å². The van der Waals surface area contributed by atoms with Crippen LogP contribution in [0.25, 0.3) is 0 Å². The molecule has 1 saturated carbocycles. The summed E-state index contributed by atoms with van der Waals surface area (Å²) < 4.78 is 1.05. The average Bonchev–Trinajstić information content (AvgIpc) is 2.99. The predicted molar refractivity (Wildman–Crippen MR) is 74.1 cm³/mol. The Morgan fingerprint density at radius 1 is 1.47 bits per heavy atom. The van der Waals surface area contributed by atoms with Gasteiger partial charge in [-0.2, -0.15) is 0 Å². The standard InChI is InChI=1S/C12H15BrN2O.ClH/c13-10-3-1-2-9(8-10)12(5-6-12)15-11(16)4-7-14;/h1-3,8H,4-7,14H2,(H,15,16);1H. The Morgan fingerprint density at radius 2 is 2.18 bits per heavy atom. The summed E-state index contributed by atoms with van der Waals surface area (Å²) in [5.41, 5.74) is 6.41. The van der Waals surface area contributed by atoms with Crippen molar-refractivity contribution in [3.63, 3.8) is 0 Å².